The molecule has 0 unspecified atom stereocenters. The average Bonchev–Trinajstić information content (AvgIpc) is 3.37. The number of halogens is 6. The molecule has 11 heteroatoms. The second-order valence-electron chi connectivity index (χ2n) is 9.15. The fraction of sp³-hybridized carbons (Fsp3) is 0.333. The van der Waals surface area contributed by atoms with E-state index in [1.54, 1.807) is 30.3 Å². The molecule has 5 nitrogen and oxygen atoms in total. The Morgan fingerprint density at radius 2 is 1.79 bits per heavy atom. The summed E-state index contributed by atoms with van der Waals surface area (Å²) in [6.45, 7) is 0. The number of aromatic nitrogens is 1. The molecule has 1 aromatic heterocycles. The smallest absolute Gasteiger partial charge is 0.428 e. The Balaban J connectivity index is 1.86. The molecule has 0 radical (unpaired) electrons. The van der Waals surface area contributed by atoms with Gasteiger partial charge < -0.3 is 15.4 Å². The summed E-state index contributed by atoms with van der Waals surface area (Å²) in [5.41, 5.74) is -0.771. The molecule has 2 aromatic carbocycles. The molecule has 1 heterocycles. The summed E-state index contributed by atoms with van der Waals surface area (Å²) in [4.78, 5) is 17.7. The molecule has 0 spiro atoms. The molecule has 0 bridgehead atoms. The lowest BCUT2D eigenvalue weighted by Crippen LogP contribution is -2.54. The maximum Gasteiger partial charge on any atom is 0.461 e. The van der Waals surface area contributed by atoms with Gasteiger partial charge >= 0.3 is 18.6 Å². The van der Waals surface area contributed by atoms with Gasteiger partial charge in [-0.1, -0.05) is 54.8 Å². The third-order valence-electron chi connectivity index (χ3n) is 6.37. The van der Waals surface area contributed by atoms with Crippen LogP contribution in [0.1, 0.15) is 42.5 Å². The van der Waals surface area contributed by atoms with E-state index in [1.807, 2.05) is 0 Å². The van der Waals surface area contributed by atoms with Crippen LogP contribution in [0.4, 0.5) is 26.7 Å². The molecule has 38 heavy (non-hydrogen) atoms. The normalized spacial score (nSPS) is 15.8. The monoisotopic (exact) mass is 553 g/mol. The highest BCUT2D eigenvalue weighted by Gasteiger charge is 2.45. The van der Waals surface area contributed by atoms with Gasteiger partial charge in [-0.25, -0.2) is 9.18 Å². The number of hydrogen-bond acceptors (Lipinski definition) is 3. The number of carbonyl (C=O) groups is 1. The Morgan fingerprint density at radius 1 is 1.08 bits per heavy atom. The number of alkyl halides is 4. The van der Waals surface area contributed by atoms with Gasteiger partial charge in [0.2, 0.25) is 0 Å². The summed E-state index contributed by atoms with van der Waals surface area (Å²) in [5.74, 6) is -1.87. The third kappa shape index (κ3) is 6.53. The highest BCUT2D eigenvalue weighted by atomic mass is 35.5. The fourth-order valence-electron chi connectivity index (χ4n) is 4.61. The summed E-state index contributed by atoms with van der Waals surface area (Å²) in [5, 5.41) is 6.08. The zero-order chi connectivity index (χ0) is 27.3. The van der Waals surface area contributed by atoms with E-state index in [4.69, 9.17) is 11.6 Å². The molecule has 1 aliphatic carbocycles. The average molecular weight is 554 g/mol. The van der Waals surface area contributed by atoms with Crippen LogP contribution in [0, 0.1) is 5.82 Å². The van der Waals surface area contributed by atoms with Gasteiger partial charge in [-0.3, -0.25) is 4.98 Å². The molecule has 0 saturated heterocycles. The van der Waals surface area contributed by atoms with Gasteiger partial charge in [0, 0.05) is 24.7 Å². The number of rotatable bonds is 9. The maximum absolute atomic E-state index is 14.8. The van der Waals surface area contributed by atoms with Crippen molar-refractivity contribution in [2.75, 3.05) is 0 Å². The minimum atomic E-state index is -4.86. The van der Waals surface area contributed by atoms with Crippen molar-refractivity contribution in [3.8, 4) is 5.75 Å². The van der Waals surface area contributed by atoms with Crippen LogP contribution in [0.5, 0.6) is 5.75 Å². The minimum Gasteiger partial charge on any atom is -0.428 e. The molecule has 202 valence electrons. The van der Waals surface area contributed by atoms with E-state index in [-0.39, 0.29) is 28.7 Å². The summed E-state index contributed by atoms with van der Waals surface area (Å²) in [6, 6.07) is 13.8. The highest BCUT2D eigenvalue weighted by molar-refractivity contribution is 6.30. The first kappa shape index (κ1) is 27.6. The van der Waals surface area contributed by atoms with Crippen LogP contribution in [0.2, 0.25) is 5.02 Å². The van der Waals surface area contributed by atoms with Crippen LogP contribution in [0.25, 0.3) is 0 Å². The number of pyridine rings is 1. The van der Waals surface area contributed by atoms with Gasteiger partial charge in [-0.15, -0.1) is 0 Å². The zero-order valence-corrected chi connectivity index (χ0v) is 20.8. The summed E-state index contributed by atoms with van der Waals surface area (Å²) < 4.78 is 72.2. The Labute approximate surface area is 221 Å². The summed E-state index contributed by atoms with van der Waals surface area (Å²) in [6.07, 6.45) is -4.17. The Hall–Kier alpha value is -3.40. The number of carbonyl (C=O) groups excluding carboxylic acids is 1. The van der Waals surface area contributed by atoms with E-state index in [0.29, 0.717) is 11.6 Å². The molecule has 2 amide bonds. The van der Waals surface area contributed by atoms with Crippen LogP contribution in [-0.4, -0.2) is 29.6 Å². The zero-order valence-electron chi connectivity index (χ0n) is 20.1. The van der Waals surface area contributed by atoms with Gasteiger partial charge in [0.1, 0.15) is 17.1 Å². The SMILES string of the molecule is O=C(NC1CCCC1)N[C@](Cc1ccccc1)(c1cc(F)cc(OC(F)(F)C(F)F)c1)c1ccc(Cl)cn1. The number of urea groups is 1. The van der Waals surface area contributed by atoms with Crippen molar-refractivity contribution in [2.45, 2.75) is 56.2 Å². The van der Waals surface area contributed by atoms with E-state index in [9.17, 15) is 26.7 Å². The summed E-state index contributed by atoms with van der Waals surface area (Å²) in [7, 11) is 0. The quantitative estimate of drug-likeness (QED) is 0.285. The number of benzene rings is 2. The first-order chi connectivity index (χ1) is 18.1. The van der Waals surface area contributed by atoms with E-state index < -0.39 is 35.7 Å². The van der Waals surface area contributed by atoms with Crippen LogP contribution in [0.15, 0.2) is 66.9 Å². The lowest BCUT2D eigenvalue weighted by molar-refractivity contribution is -0.253. The number of hydrogen-bond donors (Lipinski definition) is 2. The molecule has 1 atom stereocenters. The van der Waals surface area contributed by atoms with Crippen LogP contribution in [0.3, 0.4) is 0 Å². The molecule has 3 aromatic rings. The molecule has 1 aliphatic rings. The lowest BCUT2D eigenvalue weighted by Gasteiger charge is -2.36. The molecule has 4 rings (SSSR count). The second-order valence-corrected chi connectivity index (χ2v) is 9.59. The Bertz CT molecular complexity index is 1240. The van der Waals surface area contributed by atoms with Crippen LogP contribution in [-0.2, 0) is 12.0 Å². The van der Waals surface area contributed by atoms with Crippen molar-refractivity contribution in [3.05, 3.63) is 94.5 Å². The van der Waals surface area contributed by atoms with E-state index in [0.717, 1.165) is 37.8 Å². The standard InChI is InChI=1S/C27H25ClF5N3O2/c28-19-10-11-23(34-16-19)26(15-17-6-2-1-3-7-17,36-25(37)35-21-8-4-5-9-21)18-12-20(29)14-22(13-18)38-27(32,33)24(30)31/h1-3,6-7,10-14,16,21,24H,4-5,8-9,15H2,(H2,35,36,37)/t26-/m1/s1. The fourth-order valence-corrected chi connectivity index (χ4v) is 4.72. The van der Waals surface area contributed by atoms with Crippen molar-refractivity contribution in [3.63, 3.8) is 0 Å². The van der Waals surface area contributed by atoms with Crippen molar-refractivity contribution in [1.29, 1.82) is 0 Å². The Kier molecular flexibility index (Phi) is 8.40. The van der Waals surface area contributed by atoms with Crippen molar-refractivity contribution in [1.82, 2.24) is 15.6 Å². The van der Waals surface area contributed by atoms with Crippen molar-refractivity contribution in [2.24, 2.45) is 0 Å². The van der Waals surface area contributed by atoms with Crippen molar-refractivity contribution < 1.29 is 31.5 Å². The number of nitrogens with one attached hydrogen (secondary N) is 2. The molecule has 2 N–H and O–H groups in total. The molecular formula is C27H25ClF5N3O2. The number of ether oxygens (including phenoxy) is 1. The largest absolute Gasteiger partial charge is 0.461 e. The van der Waals surface area contributed by atoms with Gasteiger partial charge in [-0.2, -0.15) is 17.6 Å². The van der Waals surface area contributed by atoms with Crippen LogP contribution < -0.4 is 15.4 Å². The lowest BCUT2D eigenvalue weighted by atomic mass is 9.80. The predicted octanol–water partition coefficient (Wildman–Crippen LogP) is 6.84. The van der Waals surface area contributed by atoms with Gasteiger partial charge in [0.05, 0.1) is 10.7 Å². The maximum atomic E-state index is 14.8. The predicted molar refractivity (Wildman–Crippen MR) is 132 cm³/mol. The molecule has 1 fully saturated rings. The van der Waals surface area contributed by atoms with Gasteiger partial charge in [0.15, 0.2) is 0 Å². The number of nitrogens with zero attached hydrogens (tertiary/aromatic N) is 1. The number of amides is 2. The van der Waals surface area contributed by atoms with E-state index >= 15 is 0 Å². The van der Waals surface area contributed by atoms with E-state index in [2.05, 4.69) is 20.4 Å². The molecule has 1 saturated carbocycles. The summed E-state index contributed by atoms with van der Waals surface area (Å²) >= 11 is 6.04. The van der Waals surface area contributed by atoms with Crippen molar-refractivity contribution >= 4 is 17.6 Å². The molecule has 0 aliphatic heterocycles. The molecular weight excluding hydrogens is 529 g/mol. The third-order valence-corrected chi connectivity index (χ3v) is 6.59. The van der Waals surface area contributed by atoms with E-state index in [1.165, 1.54) is 18.3 Å². The first-order valence-corrected chi connectivity index (χ1v) is 12.4. The minimum absolute atomic E-state index is 0.00862. The highest BCUT2D eigenvalue weighted by Crippen LogP contribution is 2.37. The topological polar surface area (TPSA) is 63.2 Å². The van der Waals surface area contributed by atoms with Gasteiger partial charge in [0.25, 0.3) is 0 Å². The Morgan fingerprint density at radius 3 is 2.42 bits per heavy atom. The second kappa shape index (κ2) is 11.6. The first-order valence-electron chi connectivity index (χ1n) is 12.0. The van der Waals surface area contributed by atoms with Crippen LogP contribution >= 0.6 is 11.6 Å². The van der Waals surface area contributed by atoms with Gasteiger partial charge in [-0.05, 0) is 48.2 Å².